The monoisotopic (exact) mass is 495 g/mol. The van der Waals surface area contributed by atoms with Gasteiger partial charge in [0.25, 0.3) is 5.91 Å². The zero-order chi connectivity index (χ0) is 24.0. The lowest BCUT2D eigenvalue weighted by Gasteiger charge is -2.37. The molecule has 2 fully saturated rings. The number of primary amides is 1. The molecule has 1 atom stereocenters. The van der Waals surface area contributed by atoms with Crippen LogP contribution in [0.2, 0.25) is 0 Å². The van der Waals surface area contributed by atoms with Gasteiger partial charge in [-0.3, -0.25) is 9.59 Å². The Balaban J connectivity index is 1.28. The molecule has 0 unspecified atom stereocenters. The van der Waals surface area contributed by atoms with Crippen LogP contribution in [0, 0.1) is 0 Å². The van der Waals surface area contributed by atoms with Crippen LogP contribution in [-0.2, 0) is 11.0 Å². The van der Waals surface area contributed by atoms with Crippen LogP contribution in [0.3, 0.4) is 0 Å². The summed E-state index contributed by atoms with van der Waals surface area (Å²) in [7, 11) is 0. The van der Waals surface area contributed by atoms with E-state index < -0.39 is 23.0 Å². The summed E-state index contributed by atoms with van der Waals surface area (Å²) in [5.41, 5.74) is 5.70. The van der Waals surface area contributed by atoms with Crippen LogP contribution in [0.25, 0.3) is 5.65 Å². The standard InChI is InChI=1S/C19H20F3N9O2S/c20-19(21,22)12-10-24-18(34-12)29-8-6-28(7-9-29)17(33)11-2-1-5-30(11)14-4-3-13-25-26-16(15(23)32)31(13)27-14/h3-4,10-11H,1-2,5-9H2,(H2,23,32)/t11-/m0/s1. The second kappa shape index (κ2) is 8.38. The van der Waals surface area contributed by atoms with Crippen LogP contribution in [0.15, 0.2) is 18.3 Å². The maximum atomic E-state index is 13.3. The van der Waals surface area contributed by atoms with Gasteiger partial charge in [0.2, 0.25) is 11.7 Å². The molecule has 2 N–H and O–H groups in total. The fourth-order valence-corrected chi connectivity index (χ4v) is 5.09. The predicted molar refractivity (Wildman–Crippen MR) is 116 cm³/mol. The molecule has 11 nitrogen and oxygen atoms in total. The number of rotatable bonds is 4. The molecule has 5 rings (SSSR count). The number of hydrogen-bond donors (Lipinski definition) is 1. The molecule has 3 aromatic rings. The molecule has 2 amide bonds. The Morgan fingerprint density at radius 2 is 1.85 bits per heavy atom. The summed E-state index contributed by atoms with van der Waals surface area (Å²) in [4.78, 5) is 33.5. The van der Waals surface area contributed by atoms with E-state index in [-0.39, 0.29) is 11.7 Å². The molecule has 2 aliphatic heterocycles. The van der Waals surface area contributed by atoms with E-state index in [1.165, 1.54) is 4.52 Å². The van der Waals surface area contributed by atoms with Crippen molar-refractivity contribution in [2.24, 2.45) is 5.73 Å². The summed E-state index contributed by atoms with van der Waals surface area (Å²) in [6, 6.07) is 2.95. The fraction of sp³-hybridized carbons (Fsp3) is 0.474. The average Bonchev–Trinajstić information content (AvgIpc) is 3.57. The first-order valence-corrected chi connectivity index (χ1v) is 11.4. The minimum Gasteiger partial charge on any atom is -0.363 e. The second-order valence-electron chi connectivity index (χ2n) is 8.02. The summed E-state index contributed by atoms with van der Waals surface area (Å²) in [6.07, 6.45) is -2.13. The lowest BCUT2D eigenvalue weighted by Crippen LogP contribution is -2.54. The second-order valence-corrected chi connectivity index (χ2v) is 9.03. The van der Waals surface area contributed by atoms with E-state index in [2.05, 4.69) is 20.3 Å². The molecule has 0 radical (unpaired) electrons. The van der Waals surface area contributed by atoms with E-state index in [1.807, 2.05) is 4.90 Å². The highest BCUT2D eigenvalue weighted by atomic mass is 32.1. The molecule has 2 aliphatic rings. The molecule has 5 heterocycles. The van der Waals surface area contributed by atoms with E-state index in [1.54, 1.807) is 21.9 Å². The lowest BCUT2D eigenvalue weighted by atomic mass is 10.1. The van der Waals surface area contributed by atoms with Crippen LogP contribution >= 0.6 is 11.3 Å². The lowest BCUT2D eigenvalue weighted by molar-refractivity contribution is -0.134. The number of nitrogens with two attached hydrogens (primary N) is 1. The molecule has 0 aromatic carbocycles. The molecular weight excluding hydrogens is 475 g/mol. The van der Waals surface area contributed by atoms with Gasteiger partial charge in [-0.25, -0.2) is 4.98 Å². The Hall–Kier alpha value is -3.49. The van der Waals surface area contributed by atoms with Gasteiger partial charge in [0.05, 0.1) is 6.20 Å². The number of piperazine rings is 1. The SMILES string of the molecule is NC(=O)c1nnc2ccc(N3CCC[C@H]3C(=O)N3CCN(c4ncc(C(F)(F)F)s4)CC3)nn12. The summed E-state index contributed by atoms with van der Waals surface area (Å²) < 4.78 is 39.9. The molecule has 0 saturated carbocycles. The number of thiazole rings is 1. The summed E-state index contributed by atoms with van der Waals surface area (Å²) >= 11 is 0.608. The predicted octanol–water partition coefficient (Wildman–Crippen LogP) is 1.02. The number of alkyl halides is 3. The maximum absolute atomic E-state index is 13.3. The number of amides is 2. The molecule has 180 valence electrons. The number of carbonyl (C=O) groups excluding carboxylic acids is 2. The van der Waals surface area contributed by atoms with E-state index in [4.69, 9.17) is 5.73 Å². The molecule has 0 spiro atoms. The third-order valence-corrected chi connectivity index (χ3v) is 7.04. The van der Waals surface area contributed by atoms with Gasteiger partial charge in [-0.15, -0.1) is 15.3 Å². The molecule has 0 aliphatic carbocycles. The minimum atomic E-state index is -4.42. The number of anilines is 2. The third kappa shape index (κ3) is 3.99. The van der Waals surface area contributed by atoms with Crippen molar-refractivity contribution in [2.75, 3.05) is 42.5 Å². The third-order valence-electron chi connectivity index (χ3n) is 5.94. The fourth-order valence-electron chi connectivity index (χ4n) is 4.25. The molecular formula is C19H20F3N9O2S. The van der Waals surface area contributed by atoms with Gasteiger partial charge in [-0.2, -0.15) is 17.7 Å². The van der Waals surface area contributed by atoms with Crippen molar-refractivity contribution in [3.05, 3.63) is 29.0 Å². The van der Waals surface area contributed by atoms with Gasteiger partial charge >= 0.3 is 6.18 Å². The van der Waals surface area contributed by atoms with Gasteiger partial charge in [-0.05, 0) is 25.0 Å². The summed E-state index contributed by atoms with van der Waals surface area (Å²) in [6.45, 7) is 2.18. The highest BCUT2D eigenvalue weighted by molar-refractivity contribution is 7.15. The first-order valence-electron chi connectivity index (χ1n) is 10.6. The van der Waals surface area contributed by atoms with E-state index in [0.29, 0.717) is 67.1 Å². The first kappa shape index (κ1) is 22.3. The maximum Gasteiger partial charge on any atom is 0.427 e. The number of aromatic nitrogens is 5. The first-order chi connectivity index (χ1) is 16.2. The Bertz CT molecular complexity index is 1240. The zero-order valence-corrected chi connectivity index (χ0v) is 18.6. The quantitative estimate of drug-likeness (QED) is 0.569. The number of hydrogen-bond acceptors (Lipinski definition) is 9. The average molecular weight is 495 g/mol. The smallest absolute Gasteiger partial charge is 0.363 e. The number of nitrogens with zero attached hydrogens (tertiary/aromatic N) is 8. The van der Waals surface area contributed by atoms with Crippen LogP contribution in [-0.4, -0.2) is 80.3 Å². The van der Waals surface area contributed by atoms with E-state index in [0.717, 1.165) is 12.6 Å². The van der Waals surface area contributed by atoms with Crippen molar-refractivity contribution in [3.8, 4) is 0 Å². The zero-order valence-electron chi connectivity index (χ0n) is 17.8. The van der Waals surface area contributed by atoms with Gasteiger partial charge in [0.1, 0.15) is 16.7 Å². The van der Waals surface area contributed by atoms with Crippen molar-refractivity contribution < 1.29 is 22.8 Å². The molecule has 0 bridgehead atoms. The van der Waals surface area contributed by atoms with Crippen molar-refractivity contribution in [3.63, 3.8) is 0 Å². The van der Waals surface area contributed by atoms with Crippen molar-refractivity contribution in [2.45, 2.75) is 25.1 Å². The van der Waals surface area contributed by atoms with E-state index >= 15 is 0 Å². The van der Waals surface area contributed by atoms with Crippen LogP contribution in [0.1, 0.15) is 28.3 Å². The van der Waals surface area contributed by atoms with Crippen LogP contribution in [0.5, 0.6) is 0 Å². The minimum absolute atomic E-state index is 0.0620. The van der Waals surface area contributed by atoms with Crippen LogP contribution < -0.4 is 15.5 Å². The highest BCUT2D eigenvalue weighted by Crippen LogP contribution is 2.36. The summed E-state index contributed by atoms with van der Waals surface area (Å²) in [5.74, 6) is -0.405. The van der Waals surface area contributed by atoms with Crippen molar-refractivity contribution in [1.82, 2.24) is 29.7 Å². The highest BCUT2D eigenvalue weighted by Gasteiger charge is 2.37. The Labute approximate surface area is 195 Å². The van der Waals surface area contributed by atoms with Crippen molar-refractivity contribution >= 4 is 39.7 Å². The molecule has 34 heavy (non-hydrogen) atoms. The molecule has 2 saturated heterocycles. The Kier molecular flexibility index (Phi) is 5.50. The van der Waals surface area contributed by atoms with Gasteiger partial charge < -0.3 is 20.4 Å². The topological polar surface area (TPSA) is 126 Å². The largest absolute Gasteiger partial charge is 0.427 e. The molecule has 15 heteroatoms. The van der Waals surface area contributed by atoms with Crippen LogP contribution in [0.4, 0.5) is 24.1 Å². The number of fused-ring (bicyclic) bond motifs is 1. The normalized spacial score (nSPS) is 19.3. The van der Waals surface area contributed by atoms with Gasteiger partial charge in [0, 0.05) is 32.7 Å². The summed E-state index contributed by atoms with van der Waals surface area (Å²) in [5, 5.41) is 12.3. The Morgan fingerprint density at radius 1 is 1.09 bits per heavy atom. The van der Waals surface area contributed by atoms with E-state index in [9.17, 15) is 22.8 Å². The molecule has 3 aromatic heterocycles. The van der Waals surface area contributed by atoms with Gasteiger partial charge in [0.15, 0.2) is 10.8 Å². The van der Waals surface area contributed by atoms with Gasteiger partial charge in [-0.1, -0.05) is 11.3 Å². The Morgan fingerprint density at radius 3 is 2.53 bits per heavy atom. The number of halogens is 3. The number of carbonyl (C=O) groups is 2. The van der Waals surface area contributed by atoms with Crippen molar-refractivity contribution in [1.29, 1.82) is 0 Å².